The van der Waals surface area contributed by atoms with E-state index >= 15 is 0 Å². The summed E-state index contributed by atoms with van der Waals surface area (Å²) in [6, 6.07) is 12.0. The van der Waals surface area contributed by atoms with Crippen LogP contribution in [0.1, 0.15) is 31.2 Å². The van der Waals surface area contributed by atoms with Gasteiger partial charge in [0.2, 0.25) is 0 Å². The van der Waals surface area contributed by atoms with Crippen LogP contribution in [0.2, 0.25) is 0 Å². The monoisotopic (exact) mass is 537 g/mol. The molecule has 0 amide bonds. The molecule has 2 aliphatic rings. The number of hydrogen-bond acceptors (Lipinski definition) is 5. The first-order valence-corrected chi connectivity index (χ1v) is 10.8. The molecule has 4 rings (SSSR count). The number of nitrogens with one attached hydrogen (secondary N) is 2. The molecule has 1 saturated heterocycles. The molecular weight excluding hydrogens is 505 g/mol. The van der Waals surface area contributed by atoms with Crippen LogP contribution in [0.25, 0.3) is 0 Å². The molecule has 31 heavy (non-hydrogen) atoms. The van der Waals surface area contributed by atoms with Crippen molar-refractivity contribution in [1.29, 1.82) is 0 Å². The molecule has 2 N–H and O–H groups in total. The number of benzene rings is 1. The number of aromatic nitrogens is 1. The van der Waals surface area contributed by atoms with Crippen LogP contribution in [0.15, 0.2) is 47.6 Å². The SMILES string of the molecule is CN=C(NCc1ccnc(N2CCCCCC2)c1)NCC1COc2ccccc2O1.I. The van der Waals surface area contributed by atoms with E-state index in [1.807, 2.05) is 30.5 Å². The summed E-state index contributed by atoms with van der Waals surface area (Å²) < 4.78 is 11.8. The number of hydrogen-bond donors (Lipinski definition) is 2. The smallest absolute Gasteiger partial charge is 0.191 e. The van der Waals surface area contributed by atoms with E-state index in [0.29, 0.717) is 19.7 Å². The van der Waals surface area contributed by atoms with Crippen molar-refractivity contribution in [3.8, 4) is 11.5 Å². The van der Waals surface area contributed by atoms with Crippen LogP contribution in [0.5, 0.6) is 11.5 Å². The Morgan fingerprint density at radius 1 is 1.10 bits per heavy atom. The lowest BCUT2D eigenvalue weighted by Crippen LogP contribution is -2.45. The van der Waals surface area contributed by atoms with Gasteiger partial charge in [-0.2, -0.15) is 0 Å². The summed E-state index contributed by atoms with van der Waals surface area (Å²) in [6.07, 6.45) is 6.98. The largest absolute Gasteiger partial charge is 0.486 e. The fourth-order valence-corrected chi connectivity index (χ4v) is 3.82. The third-order valence-corrected chi connectivity index (χ3v) is 5.49. The molecule has 3 heterocycles. The van der Waals surface area contributed by atoms with E-state index in [9.17, 15) is 0 Å². The number of ether oxygens (including phenoxy) is 2. The molecule has 0 spiro atoms. The molecule has 2 aliphatic heterocycles. The number of halogens is 1. The zero-order valence-electron chi connectivity index (χ0n) is 18.0. The minimum absolute atomic E-state index is 0. The Bertz CT molecular complexity index is 855. The van der Waals surface area contributed by atoms with Crippen molar-refractivity contribution in [2.45, 2.75) is 38.3 Å². The highest BCUT2D eigenvalue weighted by molar-refractivity contribution is 14.0. The fourth-order valence-electron chi connectivity index (χ4n) is 3.82. The van der Waals surface area contributed by atoms with Gasteiger partial charge in [-0.1, -0.05) is 25.0 Å². The molecule has 7 nitrogen and oxygen atoms in total. The average Bonchev–Trinajstić information content (AvgIpc) is 3.09. The molecule has 1 fully saturated rings. The minimum Gasteiger partial charge on any atom is -0.486 e. The van der Waals surface area contributed by atoms with Gasteiger partial charge in [0.15, 0.2) is 17.5 Å². The van der Waals surface area contributed by atoms with Crippen LogP contribution in [0.3, 0.4) is 0 Å². The third-order valence-electron chi connectivity index (χ3n) is 5.49. The summed E-state index contributed by atoms with van der Waals surface area (Å²) in [6.45, 7) is 4.02. The van der Waals surface area contributed by atoms with Crippen LogP contribution >= 0.6 is 24.0 Å². The first-order valence-electron chi connectivity index (χ1n) is 10.8. The Balaban J connectivity index is 0.00000272. The number of fused-ring (bicyclic) bond motifs is 1. The van der Waals surface area contributed by atoms with E-state index in [2.05, 4.69) is 37.6 Å². The summed E-state index contributed by atoms with van der Waals surface area (Å²) in [5.41, 5.74) is 1.19. The summed E-state index contributed by atoms with van der Waals surface area (Å²) in [7, 11) is 1.78. The van der Waals surface area contributed by atoms with Gasteiger partial charge in [0, 0.05) is 32.9 Å². The van der Waals surface area contributed by atoms with Crippen LogP contribution < -0.4 is 25.0 Å². The van der Waals surface area contributed by atoms with Crippen molar-refractivity contribution < 1.29 is 9.47 Å². The highest BCUT2D eigenvalue weighted by Gasteiger charge is 2.20. The van der Waals surface area contributed by atoms with Crippen molar-refractivity contribution in [3.05, 3.63) is 48.2 Å². The zero-order valence-corrected chi connectivity index (χ0v) is 20.4. The lowest BCUT2D eigenvalue weighted by molar-refractivity contribution is 0.0936. The first-order chi connectivity index (χ1) is 14.8. The number of guanidine groups is 1. The Kier molecular flexibility index (Phi) is 9.05. The van der Waals surface area contributed by atoms with E-state index in [1.54, 1.807) is 7.05 Å². The summed E-state index contributed by atoms with van der Waals surface area (Å²) in [5.74, 6) is 3.40. The zero-order chi connectivity index (χ0) is 20.6. The van der Waals surface area contributed by atoms with Crippen LogP contribution in [-0.2, 0) is 6.54 Å². The number of pyridine rings is 1. The highest BCUT2D eigenvalue weighted by Crippen LogP contribution is 2.30. The van der Waals surface area contributed by atoms with Crippen LogP contribution in [0.4, 0.5) is 5.82 Å². The van der Waals surface area contributed by atoms with Gasteiger partial charge < -0.3 is 25.0 Å². The van der Waals surface area contributed by atoms with Crippen molar-refractivity contribution in [1.82, 2.24) is 15.6 Å². The maximum Gasteiger partial charge on any atom is 0.191 e. The first kappa shape index (κ1) is 23.4. The summed E-state index contributed by atoms with van der Waals surface area (Å²) in [5, 5.41) is 6.72. The Morgan fingerprint density at radius 3 is 2.65 bits per heavy atom. The second kappa shape index (κ2) is 12.0. The predicted octanol–water partition coefficient (Wildman–Crippen LogP) is 3.59. The maximum atomic E-state index is 6.00. The third kappa shape index (κ3) is 6.62. The number of anilines is 1. The Morgan fingerprint density at radius 2 is 1.87 bits per heavy atom. The fraction of sp³-hybridized carbons (Fsp3) is 0.478. The molecule has 0 radical (unpaired) electrons. The van der Waals surface area contributed by atoms with Crippen molar-refractivity contribution in [3.63, 3.8) is 0 Å². The Hall–Kier alpha value is -2.23. The standard InChI is InChI=1S/C23H31N5O2.HI/c1-24-23(27-16-19-17-29-20-8-4-5-9-21(20)30-19)26-15-18-10-11-25-22(14-18)28-12-6-2-3-7-13-28;/h4-5,8-11,14,19H,2-3,6-7,12-13,15-17H2,1H3,(H2,24,26,27);1H. The molecule has 1 unspecified atom stereocenters. The van der Waals surface area contributed by atoms with Gasteiger partial charge >= 0.3 is 0 Å². The molecule has 1 aromatic heterocycles. The average molecular weight is 537 g/mol. The lowest BCUT2D eigenvalue weighted by Gasteiger charge is -2.27. The second-order valence-electron chi connectivity index (χ2n) is 7.73. The molecule has 2 aromatic rings. The lowest BCUT2D eigenvalue weighted by atomic mass is 10.2. The molecule has 0 bridgehead atoms. The molecular formula is C23H32IN5O2. The van der Waals surface area contributed by atoms with Crippen LogP contribution in [-0.4, -0.2) is 50.3 Å². The van der Waals surface area contributed by atoms with E-state index in [1.165, 1.54) is 31.2 Å². The number of rotatable bonds is 5. The van der Waals surface area contributed by atoms with Crippen molar-refractivity contribution >= 4 is 35.8 Å². The quantitative estimate of drug-likeness (QED) is 0.345. The highest BCUT2D eigenvalue weighted by atomic mass is 127. The van der Waals surface area contributed by atoms with Gasteiger partial charge in [-0.05, 0) is 42.7 Å². The summed E-state index contributed by atoms with van der Waals surface area (Å²) in [4.78, 5) is 11.3. The second-order valence-corrected chi connectivity index (χ2v) is 7.73. The molecule has 8 heteroatoms. The normalized spacial score (nSPS) is 18.5. The topological polar surface area (TPSA) is 71.0 Å². The van der Waals surface area contributed by atoms with Gasteiger partial charge in [0.05, 0.1) is 6.54 Å². The van der Waals surface area contributed by atoms with Gasteiger partial charge in [0.1, 0.15) is 18.5 Å². The number of aliphatic imine (C=N–C) groups is 1. The van der Waals surface area contributed by atoms with E-state index in [4.69, 9.17) is 9.47 Å². The summed E-state index contributed by atoms with van der Waals surface area (Å²) >= 11 is 0. The van der Waals surface area contributed by atoms with E-state index < -0.39 is 0 Å². The molecule has 168 valence electrons. The van der Waals surface area contributed by atoms with E-state index in [0.717, 1.165) is 36.4 Å². The van der Waals surface area contributed by atoms with Crippen molar-refractivity contribution in [2.75, 3.05) is 38.2 Å². The van der Waals surface area contributed by atoms with Gasteiger partial charge in [-0.25, -0.2) is 4.98 Å². The van der Waals surface area contributed by atoms with Crippen molar-refractivity contribution in [2.24, 2.45) is 4.99 Å². The molecule has 1 aromatic carbocycles. The minimum atomic E-state index is -0.0611. The van der Waals surface area contributed by atoms with Gasteiger partial charge in [-0.15, -0.1) is 24.0 Å². The maximum absolute atomic E-state index is 6.00. The van der Waals surface area contributed by atoms with E-state index in [-0.39, 0.29) is 30.1 Å². The molecule has 0 aliphatic carbocycles. The number of para-hydroxylation sites is 2. The molecule has 0 saturated carbocycles. The van der Waals surface area contributed by atoms with Gasteiger partial charge in [0.25, 0.3) is 0 Å². The Labute approximate surface area is 201 Å². The van der Waals surface area contributed by atoms with Gasteiger partial charge in [-0.3, -0.25) is 4.99 Å². The molecule has 1 atom stereocenters. The number of nitrogens with zero attached hydrogens (tertiary/aromatic N) is 3. The van der Waals surface area contributed by atoms with Crippen LogP contribution in [0, 0.1) is 0 Å². The predicted molar refractivity (Wildman–Crippen MR) is 135 cm³/mol.